The van der Waals surface area contributed by atoms with Crippen molar-refractivity contribution in [3.8, 4) is 0 Å². The molecule has 0 saturated carbocycles. The minimum absolute atomic E-state index is 0.0371. The molecule has 0 aromatic carbocycles. The number of amides is 2. The summed E-state index contributed by atoms with van der Waals surface area (Å²) in [6.07, 6.45) is -1.20. The number of hydrogen-bond acceptors (Lipinski definition) is 9. The van der Waals surface area contributed by atoms with Crippen molar-refractivity contribution < 1.29 is 37.7 Å². The number of rotatable bonds is 4. The van der Waals surface area contributed by atoms with Crippen LogP contribution in [0.3, 0.4) is 0 Å². The van der Waals surface area contributed by atoms with E-state index in [2.05, 4.69) is 20.5 Å². The second-order valence-corrected chi connectivity index (χ2v) is 11.7. The molecule has 1 saturated heterocycles. The summed E-state index contributed by atoms with van der Waals surface area (Å²) in [6, 6.07) is -0.919. The van der Waals surface area contributed by atoms with E-state index in [-0.39, 0.29) is 37.8 Å². The molecule has 0 aliphatic carbocycles. The molecule has 11 nitrogen and oxygen atoms in total. The van der Waals surface area contributed by atoms with Gasteiger partial charge in [-0.05, 0) is 6.92 Å². The third-order valence-electron chi connectivity index (χ3n) is 4.08. The first kappa shape index (κ1) is 26.4. The highest BCUT2D eigenvalue weighted by Gasteiger charge is 2.41. The molecule has 13 heteroatoms. The lowest BCUT2D eigenvalue weighted by molar-refractivity contribution is -0.162. The number of ether oxygens (including phenoxy) is 2. The Labute approximate surface area is 180 Å². The molecule has 3 atom stereocenters. The maximum absolute atomic E-state index is 13.3. The van der Waals surface area contributed by atoms with Crippen LogP contribution in [0.25, 0.3) is 0 Å². The molecular formula is C17H30N3O8PS. The maximum Gasteiger partial charge on any atom is 0.327 e. The topological polar surface area (TPSA) is 149 Å². The monoisotopic (exact) mass is 467 g/mol. The van der Waals surface area contributed by atoms with Crippen LogP contribution < -0.4 is 15.7 Å². The molecule has 30 heavy (non-hydrogen) atoms. The summed E-state index contributed by atoms with van der Waals surface area (Å²) < 4.78 is 28.8. The zero-order valence-electron chi connectivity index (χ0n) is 17.8. The zero-order chi connectivity index (χ0) is 22.9. The zero-order valence-corrected chi connectivity index (χ0v) is 19.5. The number of nitrogens with one attached hydrogen (secondary N) is 3. The van der Waals surface area contributed by atoms with Crippen LogP contribution in [0.4, 0.5) is 0 Å². The Morgan fingerprint density at radius 3 is 2.57 bits per heavy atom. The SMILES string of the molecule is COC(=O)[C@H](C)NP1(=O)OCC(C)(C)[C@@H](OC(C)=O)C(=O)NCCC(=O)NCCS1. The smallest absolute Gasteiger partial charge is 0.327 e. The Hall–Kier alpha value is -1.62. The third kappa shape index (κ3) is 8.63. The van der Waals surface area contributed by atoms with E-state index >= 15 is 0 Å². The highest BCUT2D eigenvalue weighted by molar-refractivity contribution is 8.56. The molecule has 0 aromatic heterocycles. The van der Waals surface area contributed by atoms with Crippen molar-refractivity contribution in [2.45, 2.75) is 46.3 Å². The van der Waals surface area contributed by atoms with Gasteiger partial charge in [-0.25, -0.2) is 5.09 Å². The second kappa shape index (κ2) is 11.7. The molecule has 1 aliphatic rings. The minimum atomic E-state index is -3.65. The van der Waals surface area contributed by atoms with Gasteiger partial charge in [-0.2, -0.15) is 0 Å². The summed E-state index contributed by atoms with van der Waals surface area (Å²) in [6.45, 7) is 2.32. The van der Waals surface area contributed by atoms with Crippen molar-refractivity contribution in [2.75, 3.05) is 32.6 Å². The fourth-order valence-electron chi connectivity index (χ4n) is 2.48. The predicted octanol–water partition coefficient (Wildman–Crippen LogP) is 0.589. The van der Waals surface area contributed by atoms with Crippen LogP contribution in [0.2, 0.25) is 0 Å². The van der Waals surface area contributed by atoms with E-state index in [4.69, 9.17) is 9.26 Å². The molecule has 1 heterocycles. The summed E-state index contributed by atoms with van der Waals surface area (Å²) in [4.78, 5) is 47.7. The van der Waals surface area contributed by atoms with E-state index < -0.39 is 42.1 Å². The lowest BCUT2D eigenvalue weighted by atomic mass is 9.86. The quantitative estimate of drug-likeness (QED) is 0.396. The summed E-state index contributed by atoms with van der Waals surface area (Å²) in [5.41, 5.74) is -1.06. The Kier molecular flexibility index (Phi) is 10.3. The Balaban J connectivity index is 3.12. The van der Waals surface area contributed by atoms with Crippen LogP contribution in [-0.2, 0) is 37.7 Å². The van der Waals surface area contributed by atoms with Gasteiger partial charge in [0.25, 0.3) is 5.91 Å². The second-order valence-electron chi connectivity index (χ2n) is 7.35. The van der Waals surface area contributed by atoms with Crippen LogP contribution >= 0.6 is 18.1 Å². The molecule has 0 spiro atoms. The minimum Gasteiger partial charge on any atom is -0.468 e. The number of carbonyl (C=O) groups excluding carboxylic acids is 4. The number of hydrogen-bond donors (Lipinski definition) is 3. The van der Waals surface area contributed by atoms with Gasteiger partial charge in [0.15, 0.2) is 6.10 Å². The normalized spacial score (nSPS) is 27.0. The van der Waals surface area contributed by atoms with E-state index in [1.807, 2.05) is 0 Å². The van der Waals surface area contributed by atoms with Crippen molar-refractivity contribution in [3.05, 3.63) is 0 Å². The molecule has 1 unspecified atom stereocenters. The predicted molar refractivity (Wildman–Crippen MR) is 111 cm³/mol. The van der Waals surface area contributed by atoms with Gasteiger partial charge in [-0.1, -0.05) is 25.2 Å². The summed E-state index contributed by atoms with van der Waals surface area (Å²) in [5.74, 6) is -1.94. The average molecular weight is 467 g/mol. The Bertz CT molecular complexity index is 702. The van der Waals surface area contributed by atoms with E-state index in [1.54, 1.807) is 13.8 Å². The highest BCUT2D eigenvalue weighted by atomic mass is 32.7. The average Bonchev–Trinajstić information content (AvgIpc) is 2.66. The largest absolute Gasteiger partial charge is 0.468 e. The number of esters is 2. The fourth-order valence-corrected chi connectivity index (χ4v) is 6.29. The van der Waals surface area contributed by atoms with Crippen LogP contribution in [0.5, 0.6) is 0 Å². The van der Waals surface area contributed by atoms with Gasteiger partial charge in [0, 0.05) is 37.6 Å². The van der Waals surface area contributed by atoms with Crippen LogP contribution in [0.1, 0.15) is 34.1 Å². The molecule has 0 radical (unpaired) electrons. The van der Waals surface area contributed by atoms with Crippen LogP contribution in [-0.4, -0.2) is 68.5 Å². The Morgan fingerprint density at radius 2 is 1.97 bits per heavy atom. The lowest BCUT2D eigenvalue weighted by Gasteiger charge is -2.34. The van der Waals surface area contributed by atoms with E-state index in [0.717, 1.165) is 11.4 Å². The molecule has 2 amide bonds. The molecule has 1 rings (SSSR count). The molecule has 1 fully saturated rings. The van der Waals surface area contributed by atoms with Crippen molar-refractivity contribution in [1.82, 2.24) is 15.7 Å². The van der Waals surface area contributed by atoms with Crippen molar-refractivity contribution in [2.24, 2.45) is 5.41 Å². The molecule has 1 aliphatic heterocycles. The summed E-state index contributed by atoms with van der Waals surface area (Å²) >= 11 is 0.917. The van der Waals surface area contributed by atoms with Crippen LogP contribution in [0.15, 0.2) is 0 Å². The van der Waals surface area contributed by atoms with Gasteiger partial charge in [0.05, 0.1) is 13.7 Å². The Morgan fingerprint density at radius 1 is 1.30 bits per heavy atom. The highest BCUT2D eigenvalue weighted by Crippen LogP contribution is 2.57. The maximum atomic E-state index is 13.3. The third-order valence-corrected chi connectivity index (χ3v) is 8.18. The molecule has 172 valence electrons. The standard InChI is InChI=1S/C17H30N3O8PS/c1-11(16(24)26-5)20-29(25)27-10-17(3,4)14(28-12(2)21)15(23)19-7-6-13(22)18-8-9-30-29/h11,14H,6-10H2,1-5H3,(H,18,22)(H,19,23)(H,20,25)/t11-,14-,29?/m0/s1. The molecular weight excluding hydrogens is 437 g/mol. The van der Waals surface area contributed by atoms with Crippen molar-refractivity contribution in [1.29, 1.82) is 0 Å². The van der Waals surface area contributed by atoms with Crippen molar-refractivity contribution >= 4 is 41.9 Å². The first-order valence-corrected chi connectivity index (χ1v) is 12.6. The van der Waals surface area contributed by atoms with Gasteiger partial charge in [0.1, 0.15) is 6.04 Å². The van der Waals surface area contributed by atoms with E-state index in [0.29, 0.717) is 0 Å². The fraction of sp³-hybridized carbons (Fsp3) is 0.765. The van der Waals surface area contributed by atoms with Gasteiger partial charge < -0.3 is 24.6 Å². The molecule has 0 aromatic rings. The molecule has 0 bridgehead atoms. The van der Waals surface area contributed by atoms with E-state index in [9.17, 15) is 23.7 Å². The van der Waals surface area contributed by atoms with Gasteiger partial charge in [-0.3, -0.25) is 23.7 Å². The first-order chi connectivity index (χ1) is 13.9. The molecule has 3 N–H and O–H groups in total. The summed E-state index contributed by atoms with van der Waals surface area (Å²) in [5, 5.41) is 7.86. The first-order valence-electron chi connectivity index (χ1n) is 9.36. The van der Waals surface area contributed by atoms with Gasteiger partial charge in [0.2, 0.25) is 5.91 Å². The van der Waals surface area contributed by atoms with Crippen LogP contribution in [0, 0.1) is 5.41 Å². The number of methoxy groups -OCH3 is 1. The van der Waals surface area contributed by atoms with Crippen molar-refractivity contribution in [3.63, 3.8) is 0 Å². The van der Waals surface area contributed by atoms with E-state index in [1.165, 1.54) is 21.0 Å². The van der Waals surface area contributed by atoms with Gasteiger partial charge >= 0.3 is 18.7 Å². The lowest BCUT2D eigenvalue weighted by Crippen LogP contribution is -2.49. The van der Waals surface area contributed by atoms with Gasteiger partial charge in [-0.15, -0.1) is 0 Å². The number of carbonyl (C=O) groups is 4. The summed E-state index contributed by atoms with van der Waals surface area (Å²) in [7, 11) is 1.21.